The highest BCUT2D eigenvalue weighted by atomic mass is 19.4. The summed E-state index contributed by atoms with van der Waals surface area (Å²) in [5, 5.41) is 4.62. The maximum atomic E-state index is 13.1. The van der Waals surface area contributed by atoms with Crippen LogP contribution in [0.4, 0.5) is 29.3 Å². The fraction of sp³-hybridized carbons (Fsp3) is 0.267. The molecule has 1 aromatic carbocycles. The predicted octanol–water partition coefficient (Wildman–Crippen LogP) is 2.57. The average molecular weight is 352 g/mol. The first-order valence-corrected chi connectivity index (χ1v) is 7.41. The zero-order chi connectivity index (χ0) is 17.8. The molecule has 25 heavy (non-hydrogen) atoms. The van der Waals surface area contributed by atoms with E-state index in [0.29, 0.717) is 11.2 Å². The third-order valence-electron chi connectivity index (χ3n) is 3.98. The zero-order valence-corrected chi connectivity index (χ0v) is 12.7. The van der Waals surface area contributed by atoms with Crippen molar-refractivity contribution in [3.05, 3.63) is 36.0 Å². The van der Waals surface area contributed by atoms with Crippen molar-refractivity contribution < 1.29 is 17.6 Å². The first-order chi connectivity index (χ1) is 11.8. The molecule has 130 valence electrons. The van der Waals surface area contributed by atoms with Gasteiger partial charge in [-0.2, -0.15) is 28.2 Å². The van der Waals surface area contributed by atoms with Gasteiger partial charge >= 0.3 is 6.18 Å². The second kappa shape index (κ2) is 5.30. The zero-order valence-electron chi connectivity index (χ0n) is 12.7. The number of rotatable bonds is 2. The van der Waals surface area contributed by atoms with Crippen LogP contribution in [0, 0.1) is 0 Å². The molecular weight excluding hydrogens is 340 g/mol. The van der Waals surface area contributed by atoms with Gasteiger partial charge in [-0.15, -0.1) is 0 Å². The molecule has 1 saturated heterocycles. The first kappa shape index (κ1) is 15.6. The van der Waals surface area contributed by atoms with E-state index in [4.69, 9.17) is 5.73 Å². The van der Waals surface area contributed by atoms with Gasteiger partial charge in [-0.3, -0.25) is 0 Å². The first-order valence-electron chi connectivity index (χ1n) is 7.41. The molecule has 0 saturated carbocycles. The fourth-order valence-corrected chi connectivity index (χ4v) is 2.75. The molecule has 0 atom stereocenters. The van der Waals surface area contributed by atoms with Crippen LogP contribution in [0.15, 0.2) is 30.5 Å². The molecule has 2 N–H and O–H groups in total. The van der Waals surface area contributed by atoms with Crippen LogP contribution in [0.3, 0.4) is 0 Å². The minimum Gasteiger partial charge on any atom is -0.368 e. The number of nitrogen functional groups attached to an aromatic ring is 1. The lowest BCUT2D eigenvalue weighted by Crippen LogP contribution is -2.49. The van der Waals surface area contributed by atoms with Crippen molar-refractivity contribution >= 4 is 22.8 Å². The highest BCUT2D eigenvalue weighted by Crippen LogP contribution is 2.32. The van der Waals surface area contributed by atoms with E-state index in [1.54, 1.807) is 4.90 Å². The standard InChI is InChI=1S/C15H12F4N6/c16-9-6-24(7-9)12-11-5-21-25(13(11)23-14(20)22-12)10-3-1-2-8(4-10)15(17,18)19/h1-5,9H,6-7H2,(H2,20,22,23). The summed E-state index contributed by atoms with van der Waals surface area (Å²) in [5.41, 5.74) is 5.39. The van der Waals surface area contributed by atoms with E-state index in [1.807, 2.05) is 0 Å². The maximum Gasteiger partial charge on any atom is 0.416 e. The molecule has 0 unspecified atom stereocenters. The van der Waals surface area contributed by atoms with E-state index in [-0.39, 0.29) is 30.4 Å². The van der Waals surface area contributed by atoms with Crippen LogP contribution in [-0.4, -0.2) is 39.0 Å². The molecular formula is C15H12F4N6. The minimum atomic E-state index is -4.47. The van der Waals surface area contributed by atoms with Gasteiger partial charge in [0.2, 0.25) is 5.95 Å². The van der Waals surface area contributed by atoms with Crippen LogP contribution in [0.25, 0.3) is 16.7 Å². The molecule has 3 aromatic rings. The molecule has 0 spiro atoms. The van der Waals surface area contributed by atoms with Crippen LogP contribution in [0.5, 0.6) is 0 Å². The number of hydrogen-bond donors (Lipinski definition) is 1. The third kappa shape index (κ3) is 2.63. The van der Waals surface area contributed by atoms with E-state index < -0.39 is 17.9 Å². The number of nitrogens with two attached hydrogens (primary N) is 1. The van der Waals surface area contributed by atoms with Crippen LogP contribution < -0.4 is 10.6 Å². The second-order valence-corrected chi connectivity index (χ2v) is 5.75. The predicted molar refractivity (Wildman–Crippen MR) is 83.2 cm³/mol. The highest BCUT2D eigenvalue weighted by Gasteiger charge is 2.32. The lowest BCUT2D eigenvalue weighted by Gasteiger charge is -2.35. The van der Waals surface area contributed by atoms with E-state index in [0.717, 1.165) is 12.1 Å². The second-order valence-electron chi connectivity index (χ2n) is 5.75. The number of aromatic nitrogens is 4. The Morgan fingerprint density at radius 3 is 2.60 bits per heavy atom. The smallest absolute Gasteiger partial charge is 0.368 e. The molecule has 1 aliphatic heterocycles. The summed E-state index contributed by atoms with van der Waals surface area (Å²) < 4.78 is 53.2. The van der Waals surface area contributed by atoms with E-state index >= 15 is 0 Å². The Bertz CT molecular complexity index is 945. The number of alkyl halides is 4. The molecule has 0 radical (unpaired) electrons. The van der Waals surface area contributed by atoms with Crippen LogP contribution in [0.1, 0.15) is 5.56 Å². The van der Waals surface area contributed by atoms with Crippen molar-refractivity contribution in [3.63, 3.8) is 0 Å². The Morgan fingerprint density at radius 1 is 1.16 bits per heavy atom. The van der Waals surface area contributed by atoms with Gasteiger partial charge in [0.25, 0.3) is 0 Å². The number of benzene rings is 1. The van der Waals surface area contributed by atoms with Crippen molar-refractivity contribution in [3.8, 4) is 5.69 Å². The quantitative estimate of drug-likeness (QED) is 0.718. The van der Waals surface area contributed by atoms with Gasteiger partial charge in [0.1, 0.15) is 12.0 Å². The van der Waals surface area contributed by atoms with Crippen molar-refractivity contribution in [1.82, 2.24) is 19.7 Å². The third-order valence-corrected chi connectivity index (χ3v) is 3.98. The Kier molecular flexibility index (Phi) is 3.31. The van der Waals surface area contributed by atoms with Gasteiger partial charge in [0.15, 0.2) is 5.65 Å². The lowest BCUT2D eigenvalue weighted by molar-refractivity contribution is -0.137. The van der Waals surface area contributed by atoms with Crippen LogP contribution >= 0.6 is 0 Å². The van der Waals surface area contributed by atoms with Crippen molar-refractivity contribution in [2.45, 2.75) is 12.3 Å². The van der Waals surface area contributed by atoms with E-state index in [1.165, 1.54) is 23.0 Å². The lowest BCUT2D eigenvalue weighted by atomic mass is 10.2. The normalized spacial score (nSPS) is 15.6. The number of halogens is 4. The number of nitrogens with zero attached hydrogens (tertiary/aromatic N) is 5. The summed E-state index contributed by atoms with van der Waals surface area (Å²) in [6.45, 7) is 0.362. The fourth-order valence-electron chi connectivity index (χ4n) is 2.75. The summed E-state index contributed by atoms with van der Waals surface area (Å²) in [5.74, 6) is 0.369. The number of anilines is 2. The van der Waals surface area contributed by atoms with Gasteiger partial charge in [-0.1, -0.05) is 6.07 Å². The monoisotopic (exact) mass is 352 g/mol. The Labute approximate surface area is 138 Å². The van der Waals surface area contributed by atoms with Gasteiger partial charge in [0, 0.05) is 0 Å². The maximum absolute atomic E-state index is 13.1. The highest BCUT2D eigenvalue weighted by molar-refractivity contribution is 5.89. The van der Waals surface area contributed by atoms with Gasteiger partial charge in [-0.25, -0.2) is 9.07 Å². The minimum absolute atomic E-state index is 0.0569. The van der Waals surface area contributed by atoms with Crippen LogP contribution in [0.2, 0.25) is 0 Å². The Hall–Kier alpha value is -2.91. The molecule has 1 aliphatic rings. The number of fused-ring (bicyclic) bond motifs is 1. The summed E-state index contributed by atoms with van der Waals surface area (Å²) >= 11 is 0. The Morgan fingerprint density at radius 2 is 1.92 bits per heavy atom. The molecule has 0 amide bonds. The summed E-state index contributed by atoms with van der Waals surface area (Å²) in [4.78, 5) is 9.89. The topological polar surface area (TPSA) is 72.9 Å². The average Bonchev–Trinajstić information content (AvgIpc) is 2.94. The molecule has 3 heterocycles. The van der Waals surface area contributed by atoms with Crippen molar-refractivity contribution in [2.75, 3.05) is 23.7 Å². The molecule has 1 fully saturated rings. The summed E-state index contributed by atoms with van der Waals surface area (Å²) in [6, 6.07) is 4.73. The molecule has 2 aromatic heterocycles. The van der Waals surface area contributed by atoms with Gasteiger partial charge in [-0.05, 0) is 18.2 Å². The van der Waals surface area contributed by atoms with Gasteiger partial charge in [0.05, 0.1) is 35.9 Å². The number of hydrogen-bond acceptors (Lipinski definition) is 5. The SMILES string of the molecule is Nc1nc(N2CC(F)C2)c2cnn(-c3cccc(C(F)(F)F)c3)c2n1. The van der Waals surface area contributed by atoms with Gasteiger partial charge < -0.3 is 10.6 Å². The molecule has 0 bridgehead atoms. The summed E-state index contributed by atoms with van der Waals surface area (Å²) in [6.07, 6.45) is -3.97. The molecule has 10 heteroatoms. The summed E-state index contributed by atoms with van der Waals surface area (Å²) in [7, 11) is 0. The van der Waals surface area contributed by atoms with Crippen LogP contribution in [-0.2, 0) is 6.18 Å². The van der Waals surface area contributed by atoms with E-state index in [2.05, 4.69) is 15.1 Å². The Balaban J connectivity index is 1.84. The van der Waals surface area contributed by atoms with E-state index in [9.17, 15) is 17.6 Å². The van der Waals surface area contributed by atoms with Crippen molar-refractivity contribution in [2.24, 2.45) is 0 Å². The molecule has 4 rings (SSSR count). The largest absolute Gasteiger partial charge is 0.416 e. The molecule has 0 aliphatic carbocycles. The molecule has 6 nitrogen and oxygen atoms in total. The van der Waals surface area contributed by atoms with Crippen molar-refractivity contribution in [1.29, 1.82) is 0 Å².